The molecule has 25 heavy (non-hydrogen) atoms. The van der Waals surface area contributed by atoms with Crippen LogP contribution < -0.4 is 10.6 Å². The van der Waals surface area contributed by atoms with E-state index >= 15 is 0 Å². The Morgan fingerprint density at radius 2 is 2.28 bits per heavy atom. The second kappa shape index (κ2) is 7.33. The van der Waals surface area contributed by atoms with Crippen LogP contribution in [0.2, 0.25) is 0 Å². The van der Waals surface area contributed by atoms with Crippen LogP contribution >= 0.6 is 0 Å². The van der Waals surface area contributed by atoms with Gasteiger partial charge in [0.2, 0.25) is 5.91 Å². The molecule has 1 saturated heterocycles. The number of pyridine rings is 2. The third kappa shape index (κ3) is 3.88. The maximum absolute atomic E-state index is 12.0. The number of β-amino-alcohol motifs (C(OH)–C–C–N with tert-alkyl or cyclic N) is 1. The first-order valence-corrected chi connectivity index (χ1v) is 8.62. The number of likely N-dealkylation sites (N-methyl/N-ethyl adjacent to an activating group) is 1. The van der Waals surface area contributed by atoms with Gasteiger partial charge in [0.1, 0.15) is 0 Å². The molecule has 0 saturated carbocycles. The van der Waals surface area contributed by atoms with Gasteiger partial charge in [-0.1, -0.05) is 0 Å². The Bertz CT molecular complexity index is 748. The van der Waals surface area contributed by atoms with Crippen molar-refractivity contribution in [1.82, 2.24) is 14.9 Å². The number of aliphatic hydroxyl groups is 1. The third-order valence-corrected chi connectivity index (χ3v) is 4.73. The zero-order valence-corrected chi connectivity index (χ0v) is 14.6. The minimum atomic E-state index is -0.935. The average Bonchev–Trinajstić information content (AvgIpc) is 2.61. The van der Waals surface area contributed by atoms with Crippen LogP contribution in [0.25, 0.3) is 10.9 Å². The van der Waals surface area contributed by atoms with Crippen molar-refractivity contribution < 1.29 is 9.90 Å². The Morgan fingerprint density at radius 3 is 3.08 bits per heavy atom. The molecule has 1 atom stereocenters. The first-order chi connectivity index (χ1) is 12.0. The predicted octanol–water partition coefficient (Wildman–Crippen LogP) is 0.768. The molecule has 7 heteroatoms. The summed E-state index contributed by atoms with van der Waals surface area (Å²) in [6.07, 6.45) is 7.15. The standard InChI is InChI=1S/C18H25N5O2/c1-22(17(24)3-7-19)12-18(25)6-2-10-23(13-18)16-5-9-21-15-4-8-20-11-14(15)16/h4-5,8-9,11,25H,2-3,6-7,10,12-13,19H2,1H3/t18-/m0/s1. The van der Waals surface area contributed by atoms with E-state index in [0.29, 0.717) is 32.5 Å². The molecule has 0 bridgehead atoms. The molecule has 2 aromatic rings. The van der Waals surface area contributed by atoms with Gasteiger partial charge in [-0.25, -0.2) is 0 Å². The summed E-state index contributed by atoms with van der Waals surface area (Å²) in [6, 6.07) is 3.84. The normalized spacial score (nSPS) is 20.7. The first-order valence-electron chi connectivity index (χ1n) is 8.62. The lowest BCUT2D eigenvalue weighted by Crippen LogP contribution is -2.54. The van der Waals surface area contributed by atoms with Gasteiger partial charge in [-0.3, -0.25) is 14.8 Å². The fourth-order valence-electron chi connectivity index (χ4n) is 3.54. The monoisotopic (exact) mass is 343 g/mol. The van der Waals surface area contributed by atoms with Crippen molar-refractivity contribution in [3.63, 3.8) is 0 Å². The molecule has 1 fully saturated rings. The van der Waals surface area contributed by atoms with E-state index in [1.54, 1.807) is 24.3 Å². The Kier molecular flexibility index (Phi) is 5.15. The van der Waals surface area contributed by atoms with Crippen molar-refractivity contribution in [3.05, 3.63) is 30.7 Å². The number of hydrogen-bond donors (Lipinski definition) is 2. The van der Waals surface area contributed by atoms with Gasteiger partial charge < -0.3 is 20.6 Å². The van der Waals surface area contributed by atoms with Gasteiger partial charge in [0.25, 0.3) is 0 Å². The van der Waals surface area contributed by atoms with Crippen molar-refractivity contribution in [2.75, 3.05) is 38.1 Å². The molecule has 0 spiro atoms. The third-order valence-electron chi connectivity index (χ3n) is 4.73. The molecule has 0 radical (unpaired) electrons. The summed E-state index contributed by atoms with van der Waals surface area (Å²) in [4.78, 5) is 24.3. The first kappa shape index (κ1) is 17.6. The summed E-state index contributed by atoms with van der Waals surface area (Å²) >= 11 is 0. The van der Waals surface area contributed by atoms with Gasteiger partial charge in [-0.2, -0.15) is 0 Å². The van der Waals surface area contributed by atoms with Crippen LogP contribution in [0.4, 0.5) is 5.69 Å². The predicted molar refractivity (Wildman–Crippen MR) is 97.2 cm³/mol. The fourth-order valence-corrected chi connectivity index (χ4v) is 3.54. The lowest BCUT2D eigenvalue weighted by Gasteiger charge is -2.42. The van der Waals surface area contributed by atoms with Gasteiger partial charge in [0.05, 0.1) is 17.7 Å². The molecule has 3 N–H and O–H groups in total. The summed E-state index contributed by atoms with van der Waals surface area (Å²) in [6.45, 7) is 1.96. The lowest BCUT2D eigenvalue weighted by atomic mass is 9.91. The van der Waals surface area contributed by atoms with E-state index in [1.165, 1.54) is 0 Å². The van der Waals surface area contributed by atoms with Crippen molar-refractivity contribution in [3.8, 4) is 0 Å². The van der Waals surface area contributed by atoms with E-state index in [1.807, 2.05) is 18.3 Å². The van der Waals surface area contributed by atoms with Gasteiger partial charge in [0, 0.05) is 62.8 Å². The van der Waals surface area contributed by atoms with Gasteiger partial charge in [-0.15, -0.1) is 0 Å². The quantitative estimate of drug-likeness (QED) is 0.832. The highest BCUT2D eigenvalue weighted by Crippen LogP contribution is 2.30. The van der Waals surface area contributed by atoms with Crippen LogP contribution in [0, 0.1) is 0 Å². The molecule has 2 aromatic heterocycles. The number of carbonyl (C=O) groups excluding carboxylic acids is 1. The Balaban J connectivity index is 1.79. The van der Waals surface area contributed by atoms with E-state index < -0.39 is 5.60 Å². The topological polar surface area (TPSA) is 95.6 Å². The second-order valence-corrected chi connectivity index (χ2v) is 6.76. The minimum Gasteiger partial charge on any atom is -0.386 e. The Morgan fingerprint density at radius 1 is 1.44 bits per heavy atom. The molecule has 3 rings (SSSR count). The number of hydrogen-bond acceptors (Lipinski definition) is 6. The number of fused-ring (bicyclic) bond motifs is 1. The summed E-state index contributed by atoms with van der Waals surface area (Å²) in [5, 5.41) is 12.0. The number of piperidine rings is 1. The van der Waals surface area contributed by atoms with Crippen LogP contribution in [0.3, 0.4) is 0 Å². The van der Waals surface area contributed by atoms with Crippen LogP contribution in [0.15, 0.2) is 30.7 Å². The fraction of sp³-hybridized carbons (Fsp3) is 0.500. The number of amides is 1. The Hall–Kier alpha value is -2.25. The highest BCUT2D eigenvalue weighted by Gasteiger charge is 2.35. The van der Waals surface area contributed by atoms with E-state index in [0.717, 1.165) is 29.6 Å². The molecule has 7 nitrogen and oxygen atoms in total. The molecule has 3 heterocycles. The van der Waals surface area contributed by atoms with Crippen LogP contribution in [0.5, 0.6) is 0 Å². The maximum atomic E-state index is 12.0. The van der Waals surface area contributed by atoms with Crippen molar-refractivity contribution in [1.29, 1.82) is 0 Å². The van der Waals surface area contributed by atoms with Crippen molar-refractivity contribution >= 4 is 22.5 Å². The highest BCUT2D eigenvalue weighted by atomic mass is 16.3. The minimum absolute atomic E-state index is 0.0355. The molecule has 134 valence electrons. The van der Waals surface area contributed by atoms with E-state index in [2.05, 4.69) is 14.9 Å². The zero-order chi connectivity index (χ0) is 17.9. The summed E-state index contributed by atoms with van der Waals surface area (Å²) < 4.78 is 0. The van der Waals surface area contributed by atoms with E-state index in [4.69, 9.17) is 5.73 Å². The van der Waals surface area contributed by atoms with Gasteiger partial charge in [0.15, 0.2) is 0 Å². The number of nitrogens with zero attached hydrogens (tertiary/aromatic N) is 4. The van der Waals surface area contributed by atoms with Crippen LogP contribution in [0.1, 0.15) is 19.3 Å². The SMILES string of the molecule is CN(C[C@@]1(O)CCCN(c2ccnc3ccncc23)C1)C(=O)CCN. The Labute approximate surface area is 147 Å². The largest absolute Gasteiger partial charge is 0.386 e. The average molecular weight is 343 g/mol. The lowest BCUT2D eigenvalue weighted by molar-refractivity contribution is -0.133. The summed E-state index contributed by atoms with van der Waals surface area (Å²) in [5.74, 6) is -0.0355. The second-order valence-electron chi connectivity index (χ2n) is 6.76. The number of rotatable bonds is 5. The number of aromatic nitrogens is 2. The molecule has 0 aliphatic carbocycles. The number of anilines is 1. The van der Waals surface area contributed by atoms with E-state index in [-0.39, 0.29) is 5.91 Å². The molecule has 1 aliphatic rings. The molecule has 1 aliphatic heterocycles. The maximum Gasteiger partial charge on any atom is 0.223 e. The van der Waals surface area contributed by atoms with Crippen LogP contribution in [-0.2, 0) is 4.79 Å². The van der Waals surface area contributed by atoms with Gasteiger partial charge in [-0.05, 0) is 25.0 Å². The number of nitrogens with two attached hydrogens (primary N) is 1. The summed E-state index contributed by atoms with van der Waals surface area (Å²) in [7, 11) is 1.72. The molecule has 0 aromatic carbocycles. The van der Waals surface area contributed by atoms with Crippen molar-refractivity contribution in [2.24, 2.45) is 5.73 Å². The zero-order valence-electron chi connectivity index (χ0n) is 14.6. The molecule has 1 amide bonds. The molecule has 0 unspecified atom stereocenters. The molecular formula is C18H25N5O2. The highest BCUT2D eigenvalue weighted by molar-refractivity contribution is 5.90. The van der Waals surface area contributed by atoms with E-state index in [9.17, 15) is 9.90 Å². The smallest absolute Gasteiger partial charge is 0.223 e. The number of carbonyl (C=O) groups is 1. The van der Waals surface area contributed by atoms with Crippen LogP contribution in [-0.4, -0.2) is 64.7 Å². The van der Waals surface area contributed by atoms with Crippen molar-refractivity contribution in [2.45, 2.75) is 24.9 Å². The molecular weight excluding hydrogens is 318 g/mol. The van der Waals surface area contributed by atoms with Gasteiger partial charge >= 0.3 is 0 Å². The summed E-state index contributed by atoms with van der Waals surface area (Å²) in [5.41, 5.74) is 6.43.